The highest BCUT2D eigenvalue weighted by Gasteiger charge is 2.11. The van der Waals surface area contributed by atoms with Crippen LogP contribution in [0.3, 0.4) is 0 Å². The van der Waals surface area contributed by atoms with E-state index >= 15 is 0 Å². The first-order valence-electron chi connectivity index (χ1n) is 5.87. The van der Waals surface area contributed by atoms with Gasteiger partial charge in [0.15, 0.2) is 0 Å². The molecule has 2 aromatic rings. The van der Waals surface area contributed by atoms with E-state index in [0.717, 1.165) is 10.4 Å². The average molecular weight is 271 g/mol. The third kappa shape index (κ3) is 3.18. The van der Waals surface area contributed by atoms with E-state index in [1.54, 1.807) is 18.3 Å². The molecule has 0 radical (unpaired) electrons. The van der Waals surface area contributed by atoms with Gasteiger partial charge >= 0.3 is 0 Å². The van der Waals surface area contributed by atoms with E-state index in [0.29, 0.717) is 10.6 Å². The number of hydrogen-bond acceptors (Lipinski definition) is 4. The number of pyridine rings is 1. The molecule has 1 amide bonds. The highest BCUT2D eigenvalue weighted by Crippen LogP contribution is 2.27. The van der Waals surface area contributed by atoms with Gasteiger partial charge in [-0.1, -0.05) is 0 Å². The molecule has 0 aliphatic rings. The van der Waals surface area contributed by atoms with Gasteiger partial charge in [-0.2, -0.15) is 5.26 Å². The van der Waals surface area contributed by atoms with E-state index in [4.69, 9.17) is 5.26 Å². The van der Waals surface area contributed by atoms with Crippen molar-refractivity contribution in [1.82, 2.24) is 10.3 Å². The second-order valence-corrected chi connectivity index (χ2v) is 5.42. The predicted octanol–water partition coefficient (Wildman–Crippen LogP) is 2.82. The Bertz CT molecular complexity index is 623. The zero-order valence-electron chi connectivity index (χ0n) is 10.7. The van der Waals surface area contributed by atoms with Gasteiger partial charge in [0.05, 0.1) is 4.88 Å². The van der Waals surface area contributed by atoms with Crippen molar-refractivity contribution in [2.75, 3.05) is 0 Å². The molecule has 0 atom stereocenters. The van der Waals surface area contributed by atoms with Crippen LogP contribution in [0.2, 0.25) is 0 Å². The Morgan fingerprint density at radius 1 is 1.37 bits per heavy atom. The standard InChI is InChI=1S/C14H13N3OS/c1-9(2)17-14(18)13-6-5-12(19-13)10-3-4-11(7-15)16-8-10/h3-6,8-9H,1-2H3,(H,17,18). The second-order valence-electron chi connectivity index (χ2n) is 4.34. The Balaban J connectivity index is 2.20. The number of carbonyl (C=O) groups excluding carboxylic acids is 1. The summed E-state index contributed by atoms with van der Waals surface area (Å²) in [4.78, 5) is 17.5. The summed E-state index contributed by atoms with van der Waals surface area (Å²) < 4.78 is 0. The lowest BCUT2D eigenvalue weighted by Crippen LogP contribution is -2.29. The molecule has 0 aliphatic carbocycles. The van der Waals surface area contributed by atoms with Gasteiger partial charge < -0.3 is 5.32 Å². The molecule has 2 heterocycles. The van der Waals surface area contributed by atoms with Crippen LogP contribution in [-0.4, -0.2) is 16.9 Å². The van der Waals surface area contributed by atoms with Crippen molar-refractivity contribution in [3.8, 4) is 16.5 Å². The van der Waals surface area contributed by atoms with Crippen LogP contribution < -0.4 is 5.32 Å². The summed E-state index contributed by atoms with van der Waals surface area (Å²) in [5.41, 5.74) is 1.30. The summed E-state index contributed by atoms with van der Waals surface area (Å²) in [7, 11) is 0. The Kier molecular flexibility index (Phi) is 3.93. The zero-order chi connectivity index (χ0) is 13.8. The van der Waals surface area contributed by atoms with Crippen LogP contribution in [-0.2, 0) is 0 Å². The molecule has 19 heavy (non-hydrogen) atoms. The molecule has 2 rings (SSSR count). The first-order valence-corrected chi connectivity index (χ1v) is 6.69. The van der Waals surface area contributed by atoms with Gasteiger partial charge in [-0.15, -0.1) is 11.3 Å². The van der Waals surface area contributed by atoms with E-state index in [-0.39, 0.29) is 11.9 Å². The molecule has 0 spiro atoms. The van der Waals surface area contributed by atoms with Crippen molar-refractivity contribution in [3.05, 3.63) is 41.0 Å². The van der Waals surface area contributed by atoms with E-state index in [1.807, 2.05) is 32.0 Å². The lowest BCUT2D eigenvalue weighted by molar-refractivity contribution is 0.0947. The van der Waals surface area contributed by atoms with Crippen LogP contribution in [0, 0.1) is 11.3 Å². The minimum atomic E-state index is -0.0622. The van der Waals surface area contributed by atoms with Crippen LogP contribution in [0.15, 0.2) is 30.5 Å². The van der Waals surface area contributed by atoms with Crippen LogP contribution in [0.1, 0.15) is 29.2 Å². The molecule has 0 bridgehead atoms. The molecule has 0 saturated carbocycles. The fourth-order valence-electron chi connectivity index (χ4n) is 1.55. The molecular formula is C14H13N3OS. The van der Waals surface area contributed by atoms with Crippen molar-refractivity contribution >= 4 is 17.2 Å². The molecule has 5 heteroatoms. The fraction of sp³-hybridized carbons (Fsp3) is 0.214. The summed E-state index contributed by atoms with van der Waals surface area (Å²) >= 11 is 1.41. The number of hydrogen-bond donors (Lipinski definition) is 1. The molecule has 96 valence electrons. The third-order valence-electron chi connectivity index (χ3n) is 2.41. The molecule has 0 aromatic carbocycles. The SMILES string of the molecule is CC(C)NC(=O)c1ccc(-c2ccc(C#N)nc2)s1. The smallest absolute Gasteiger partial charge is 0.261 e. The number of rotatable bonds is 3. The Morgan fingerprint density at radius 3 is 2.74 bits per heavy atom. The maximum absolute atomic E-state index is 11.8. The van der Waals surface area contributed by atoms with Crippen LogP contribution >= 0.6 is 11.3 Å². The molecule has 0 unspecified atom stereocenters. The summed E-state index contributed by atoms with van der Waals surface area (Å²) in [6.45, 7) is 3.86. The van der Waals surface area contributed by atoms with Gasteiger partial charge in [-0.25, -0.2) is 4.98 Å². The molecule has 2 aromatic heterocycles. The Labute approximate surface area is 115 Å². The number of nitrogens with one attached hydrogen (secondary N) is 1. The van der Waals surface area contributed by atoms with Gasteiger partial charge in [-0.05, 0) is 38.1 Å². The quantitative estimate of drug-likeness (QED) is 0.933. The number of carbonyl (C=O) groups is 1. The first-order chi connectivity index (χ1) is 9.10. The molecule has 0 fully saturated rings. The topological polar surface area (TPSA) is 65.8 Å². The Morgan fingerprint density at radius 2 is 2.16 bits per heavy atom. The molecule has 0 saturated heterocycles. The minimum Gasteiger partial charge on any atom is -0.349 e. The van der Waals surface area contributed by atoms with Crippen molar-refractivity contribution in [2.24, 2.45) is 0 Å². The van der Waals surface area contributed by atoms with E-state index in [9.17, 15) is 4.79 Å². The van der Waals surface area contributed by atoms with Gasteiger partial charge in [0.2, 0.25) is 0 Å². The fourth-order valence-corrected chi connectivity index (χ4v) is 2.45. The number of nitrogens with zero attached hydrogens (tertiary/aromatic N) is 2. The number of thiophene rings is 1. The van der Waals surface area contributed by atoms with Gasteiger partial charge in [0.25, 0.3) is 5.91 Å². The van der Waals surface area contributed by atoms with E-state index in [2.05, 4.69) is 10.3 Å². The van der Waals surface area contributed by atoms with Crippen LogP contribution in [0.4, 0.5) is 0 Å². The highest BCUT2D eigenvalue weighted by atomic mass is 32.1. The van der Waals surface area contributed by atoms with Gasteiger partial charge in [0.1, 0.15) is 11.8 Å². The van der Waals surface area contributed by atoms with Crippen molar-refractivity contribution < 1.29 is 4.79 Å². The highest BCUT2D eigenvalue weighted by molar-refractivity contribution is 7.17. The normalized spacial score (nSPS) is 10.2. The van der Waals surface area contributed by atoms with Crippen LogP contribution in [0.25, 0.3) is 10.4 Å². The maximum atomic E-state index is 11.8. The predicted molar refractivity (Wildman–Crippen MR) is 74.9 cm³/mol. The summed E-state index contributed by atoms with van der Waals surface area (Å²) in [5, 5.41) is 11.6. The van der Waals surface area contributed by atoms with Crippen molar-refractivity contribution in [3.63, 3.8) is 0 Å². The summed E-state index contributed by atoms with van der Waals surface area (Å²) in [6.07, 6.45) is 1.65. The molecule has 4 nitrogen and oxygen atoms in total. The zero-order valence-corrected chi connectivity index (χ0v) is 11.5. The first kappa shape index (κ1) is 13.2. The van der Waals surface area contributed by atoms with Crippen molar-refractivity contribution in [1.29, 1.82) is 5.26 Å². The van der Waals surface area contributed by atoms with Gasteiger partial charge in [0, 0.05) is 22.7 Å². The lowest BCUT2D eigenvalue weighted by Gasteiger charge is -2.05. The van der Waals surface area contributed by atoms with Gasteiger partial charge in [-0.3, -0.25) is 4.79 Å². The molecular weight excluding hydrogens is 258 g/mol. The number of nitriles is 1. The molecule has 1 N–H and O–H groups in total. The van der Waals surface area contributed by atoms with Crippen molar-refractivity contribution in [2.45, 2.75) is 19.9 Å². The number of amides is 1. The Hall–Kier alpha value is -2.19. The van der Waals surface area contributed by atoms with E-state index in [1.165, 1.54) is 11.3 Å². The van der Waals surface area contributed by atoms with E-state index < -0.39 is 0 Å². The summed E-state index contributed by atoms with van der Waals surface area (Å²) in [5.74, 6) is -0.0622. The third-order valence-corrected chi connectivity index (χ3v) is 3.55. The van der Waals surface area contributed by atoms with Crippen LogP contribution in [0.5, 0.6) is 0 Å². The summed E-state index contributed by atoms with van der Waals surface area (Å²) in [6, 6.07) is 9.30. The molecule has 0 aliphatic heterocycles. The minimum absolute atomic E-state index is 0.0622. The second kappa shape index (κ2) is 5.63. The lowest BCUT2D eigenvalue weighted by atomic mass is 10.2. The maximum Gasteiger partial charge on any atom is 0.261 e. The largest absolute Gasteiger partial charge is 0.349 e. The average Bonchev–Trinajstić information content (AvgIpc) is 2.88. The number of aromatic nitrogens is 1. The monoisotopic (exact) mass is 271 g/mol.